The van der Waals surface area contributed by atoms with Gasteiger partial charge in [0.1, 0.15) is 6.10 Å². The third-order valence-electron chi connectivity index (χ3n) is 3.71. The van der Waals surface area contributed by atoms with Crippen LogP contribution in [0.25, 0.3) is 0 Å². The second kappa shape index (κ2) is 5.14. The van der Waals surface area contributed by atoms with Crippen molar-refractivity contribution in [2.24, 2.45) is 0 Å². The van der Waals surface area contributed by atoms with Gasteiger partial charge in [-0.3, -0.25) is 5.10 Å². The summed E-state index contributed by atoms with van der Waals surface area (Å²) in [5, 5.41) is 10.8. The van der Waals surface area contributed by atoms with Crippen molar-refractivity contribution in [1.29, 1.82) is 0 Å². The van der Waals surface area contributed by atoms with Crippen molar-refractivity contribution in [2.75, 3.05) is 19.7 Å². The van der Waals surface area contributed by atoms with Crippen LogP contribution in [-0.2, 0) is 4.74 Å². The van der Waals surface area contributed by atoms with E-state index in [4.69, 9.17) is 4.74 Å². The standard InChI is InChI=1S/C12H20N4O/c1-2-8-17-10(3-1)12-14-11(15-16-12)9-4-6-13-7-5-9/h9-10,13H,1-8H2,(H,14,15,16). The van der Waals surface area contributed by atoms with Crippen molar-refractivity contribution in [3.8, 4) is 0 Å². The van der Waals surface area contributed by atoms with E-state index in [9.17, 15) is 0 Å². The number of ether oxygens (including phenoxy) is 1. The molecule has 1 aromatic rings. The zero-order valence-electron chi connectivity index (χ0n) is 10.1. The van der Waals surface area contributed by atoms with Crippen molar-refractivity contribution in [1.82, 2.24) is 20.5 Å². The Kier molecular flexibility index (Phi) is 3.38. The molecule has 17 heavy (non-hydrogen) atoms. The van der Waals surface area contributed by atoms with E-state index in [2.05, 4.69) is 20.5 Å². The Balaban J connectivity index is 1.68. The molecule has 3 rings (SSSR count). The third-order valence-corrected chi connectivity index (χ3v) is 3.71. The molecule has 0 amide bonds. The lowest BCUT2D eigenvalue weighted by atomic mass is 9.97. The minimum absolute atomic E-state index is 0.145. The van der Waals surface area contributed by atoms with E-state index in [1.165, 1.54) is 12.8 Å². The fraction of sp³-hybridized carbons (Fsp3) is 0.833. The number of H-pyrrole nitrogens is 1. The lowest BCUT2D eigenvalue weighted by Crippen LogP contribution is -2.27. The molecule has 5 heteroatoms. The highest BCUT2D eigenvalue weighted by atomic mass is 16.5. The van der Waals surface area contributed by atoms with Crippen LogP contribution < -0.4 is 5.32 Å². The summed E-state index contributed by atoms with van der Waals surface area (Å²) in [5.41, 5.74) is 0. The molecule has 2 saturated heterocycles. The summed E-state index contributed by atoms with van der Waals surface area (Å²) in [7, 11) is 0. The van der Waals surface area contributed by atoms with Crippen LogP contribution in [0.2, 0.25) is 0 Å². The third kappa shape index (κ3) is 2.50. The van der Waals surface area contributed by atoms with E-state index >= 15 is 0 Å². The molecule has 2 aliphatic rings. The fourth-order valence-corrected chi connectivity index (χ4v) is 2.65. The number of rotatable bonds is 2. The molecular weight excluding hydrogens is 216 g/mol. The zero-order valence-corrected chi connectivity index (χ0v) is 10.1. The molecule has 0 aliphatic carbocycles. The van der Waals surface area contributed by atoms with Gasteiger partial charge in [-0.15, -0.1) is 0 Å². The molecule has 5 nitrogen and oxygen atoms in total. The van der Waals surface area contributed by atoms with Gasteiger partial charge in [-0.05, 0) is 45.2 Å². The lowest BCUT2D eigenvalue weighted by molar-refractivity contribution is 0.00961. The molecule has 0 saturated carbocycles. The summed E-state index contributed by atoms with van der Waals surface area (Å²) in [5.74, 6) is 2.43. The minimum Gasteiger partial charge on any atom is -0.370 e. The Morgan fingerprint density at radius 2 is 2.00 bits per heavy atom. The van der Waals surface area contributed by atoms with Crippen LogP contribution >= 0.6 is 0 Å². The van der Waals surface area contributed by atoms with Gasteiger partial charge in [0.15, 0.2) is 11.6 Å². The quantitative estimate of drug-likeness (QED) is 0.817. The maximum atomic E-state index is 5.72. The van der Waals surface area contributed by atoms with E-state index in [0.717, 1.165) is 50.6 Å². The van der Waals surface area contributed by atoms with Crippen LogP contribution in [0, 0.1) is 0 Å². The first-order valence-corrected chi connectivity index (χ1v) is 6.68. The molecule has 1 unspecified atom stereocenters. The summed E-state index contributed by atoms with van der Waals surface area (Å²) in [6, 6.07) is 0. The van der Waals surface area contributed by atoms with Crippen LogP contribution in [0.5, 0.6) is 0 Å². The van der Waals surface area contributed by atoms with Gasteiger partial charge >= 0.3 is 0 Å². The molecule has 0 aromatic carbocycles. The average molecular weight is 236 g/mol. The van der Waals surface area contributed by atoms with E-state index in [1.54, 1.807) is 0 Å². The van der Waals surface area contributed by atoms with Gasteiger partial charge in [0.2, 0.25) is 0 Å². The van der Waals surface area contributed by atoms with Crippen LogP contribution in [-0.4, -0.2) is 34.9 Å². The van der Waals surface area contributed by atoms with Crippen molar-refractivity contribution in [3.63, 3.8) is 0 Å². The minimum atomic E-state index is 0.145. The summed E-state index contributed by atoms with van der Waals surface area (Å²) < 4.78 is 5.72. The topological polar surface area (TPSA) is 62.8 Å². The Hall–Kier alpha value is -0.940. The van der Waals surface area contributed by atoms with Crippen LogP contribution in [0.15, 0.2) is 0 Å². The Labute approximate surface area is 101 Å². The maximum Gasteiger partial charge on any atom is 0.153 e. The zero-order chi connectivity index (χ0) is 11.5. The molecule has 1 atom stereocenters. The number of nitrogens with one attached hydrogen (secondary N) is 2. The largest absolute Gasteiger partial charge is 0.370 e. The van der Waals surface area contributed by atoms with Gasteiger partial charge in [0.05, 0.1) is 0 Å². The highest BCUT2D eigenvalue weighted by Gasteiger charge is 2.23. The van der Waals surface area contributed by atoms with Gasteiger partial charge in [-0.2, -0.15) is 5.10 Å². The second-order valence-electron chi connectivity index (χ2n) is 4.96. The first-order chi connectivity index (χ1) is 8.43. The number of hydrogen-bond acceptors (Lipinski definition) is 4. The first kappa shape index (κ1) is 11.2. The number of hydrogen-bond donors (Lipinski definition) is 2. The van der Waals surface area contributed by atoms with Gasteiger partial charge in [-0.1, -0.05) is 0 Å². The summed E-state index contributed by atoms with van der Waals surface area (Å²) >= 11 is 0. The van der Waals surface area contributed by atoms with E-state index in [1.807, 2.05) is 0 Å². The van der Waals surface area contributed by atoms with Gasteiger partial charge < -0.3 is 10.1 Å². The average Bonchev–Trinajstić information content (AvgIpc) is 2.90. The lowest BCUT2D eigenvalue weighted by Gasteiger charge is -2.21. The van der Waals surface area contributed by atoms with E-state index < -0.39 is 0 Å². The number of piperidine rings is 1. The summed E-state index contributed by atoms with van der Waals surface area (Å²) in [6.07, 6.45) is 5.90. The molecule has 94 valence electrons. The molecule has 2 N–H and O–H groups in total. The molecular formula is C12H20N4O. The number of nitrogens with zero attached hydrogens (tertiary/aromatic N) is 2. The molecule has 0 radical (unpaired) electrons. The van der Waals surface area contributed by atoms with Crippen molar-refractivity contribution in [2.45, 2.75) is 44.1 Å². The summed E-state index contributed by atoms with van der Waals surface area (Å²) in [6.45, 7) is 3.01. The molecule has 0 spiro atoms. The SMILES string of the molecule is C1CCC(c2nc(C3CCNCC3)n[nH]2)OC1. The molecule has 2 fully saturated rings. The van der Waals surface area contributed by atoms with E-state index in [0.29, 0.717) is 5.92 Å². The molecule has 3 heterocycles. The van der Waals surface area contributed by atoms with Crippen molar-refractivity contribution < 1.29 is 4.74 Å². The maximum absolute atomic E-state index is 5.72. The van der Waals surface area contributed by atoms with Gasteiger partial charge in [0.25, 0.3) is 0 Å². The number of aromatic amines is 1. The fourth-order valence-electron chi connectivity index (χ4n) is 2.65. The number of aromatic nitrogens is 3. The van der Waals surface area contributed by atoms with Gasteiger partial charge in [0, 0.05) is 12.5 Å². The van der Waals surface area contributed by atoms with Crippen LogP contribution in [0.1, 0.15) is 55.8 Å². The molecule has 1 aromatic heterocycles. The smallest absolute Gasteiger partial charge is 0.153 e. The Morgan fingerprint density at radius 1 is 1.12 bits per heavy atom. The van der Waals surface area contributed by atoms with Crippen molar-refractivity contribution in [3.05, 3.63) is 11.6 Å². The predicted molar refractivity (Wildman–Crippen MR) is 63.8 cm³/mol. The van der Waals surface area contributed by atoms with Gasteiger partial charge in [-0.25, -0.2) is 4.98 Å². The van der Waals surface area contributed by atoms with Crippen LogP contribution in [0.4, 0.5) is 0 Å². The van der Waals surface area contributed by atoms with Crippen LogP contribution in [0.3, 0.4) is 0 Å². The summed E-state index contributed by atoms with van der Waals surface area (Å²) in [4.78, 5) is 4.64. The molecule has 2 aliphatic heterocycles. The Bertz CT molecular complexity index is 321. The second-order valence-corrected chi connectivity index (χ2v) is 4.96. The Morgan fingerprint density at radius 3 is 2.76 bits per heavy atom. The first-order valence-electron chi connectivity index (χ1n) is 6.68. The molecule has 0 bridgehead atoms. The highest BCUT2D eigenvalue weighted by molar-refractivity contribution is 5.02. The van der Waals surface area contributed by atoms with E-state index in [-0.39, 0.29) is 6.10 Å². The monoisotopic (exact) mass is 236 g/mol. The van der Waals surface area contributed by atoms with Crippen molar-refractivity contribution >= 4 is 0 Å². The predicted octanol–water partition coefficient (Wildman–Crippen LogP) is 1.51. The highest BCUT2D eigenvalue weighted by Crippen LogP contribution is 2.27. The normalized spacial score (nSPS) is 27.2.